The Bertz CT molecular complexity index is 977. The lowest BCUT2D eigenvalue weighted by Gasteiger charge is -2.09. The number of Topliss-reactive ketones (excluding diaryl/α,β-unsaturated/α-hetero) is 1. The fourth-order valence-corrected chi connectivity index (χ4v) is 4.68. The minimum absolute atomic E-state index is 0.0105. The van der Waals surface area contributed by atoms with E-state index in [9.17, 15) is 9.59 Å². The second-order valence-electron chi connectivity index (χ2n) is 6.41. The van der Waals surface area contributed by atoms with Crippen molar-refractivity contribution in [3.63, 3.8) is 0 Å². The Balaban J connectivity index is 1.51. The minimum atomic E-state index is -0.395. The van der Waals surface area contributed by atoms with Gasteiger partial charge in [-0.2, -0.15) is 0 Å². The SMILES string of the molecule is NC(=O)Cc1ccc(C(=O)CSc2nnc(C3CC3)n2-c2ccccc2)s1. The van der Waals surface area contributed by atoms with Gasteiger partial charge in [0, 0.05) is 16.5 Å². The van der Waals surface area contributed by atoms with E-state index < -0.39 is 5.91 Å². The number of hydrogen-bond acceptors (Lipinski definition) is 6. The minimum Gasteiger partial charge on any atom is -0.369 e. The van der Waals surface area contributed by atoms with Gasteiger partial charge in [0.15, 0.2) is 10.9 Å². The molecule has 1 fully saturated rings. The molecule has 0 saturated heterocycles. The number of rotatable bonds is 8. The third-order valence-electron chi connectivity index (χ3n) is 4.23. The Morgan fingerprint density at radius 3 is 2.63 bits per heavy atom. The number of aromatic nitrogens is 3. The summed E-state index contributed by atoms with van der Waals surface area (Å²) in [7, 11) is 0. The lowest BCUT2D eigenvalue weighted by atomic mass is 10.3. The number of ketones is 1. The summed E-state index contributed by atoms with van der Waals surface area (Å²) in [6.45, 7) is 0. The third kappa shape index (κ3) is 4.12. The van der Waals surface area contributed by atoms with E-state index in [-0.39, 0.29) is 18.0 Å². The second kappa shape index (κ2) is 7.66. The quantitative estimate of drug-likeness (QED) is 0.465. The molecule has 0 atom stereocenters. The van der Waals surface area contributed by atoms with Crippen molar-refractivity contribution in [1.82, 2.24) is 14.8 Å². The zero-order chi connectivity index (χ0) is 18.8. The summed E-state index contributed by atoms with van der Waals surface area (Å²) in [5.74, 6) is 1.31. The van der Waals surface area contributed by atoms with Crippen LogP contribution in [-0.2, 0) is 11.2 Å². The largest absolute Gasteiger partial charge is 0.369 e. The van der Waals surface area contributed by atoms with E-state index in [1.807, 2.05) is 30.3 Å². The molecule has 0 spiro atoms. The van der Waals surface area contributed by atoms with Gasteiger partial charge in [0.1, 0.15) is 5.82 Å². The third-order valence-corrected chi connectivity index (χ3v) is 6.29. The fraction of sp³-hybridized carbons (Fsp3) is 0.263. The molecule has 0 radical (unpaired) electrons. The maximum Gasteiger partial charge on any atom is 0.222 e. The van der Waals surface area contributed by atoms with E-state index in [2.05, 4.69) is 14.8 Å². The fourth-order valence-electron chi connectivity index (χ4n) is 2.80. The number of para-hydroxylation sites is 1. The van der Waals surface area contributed by atoms with Crippen LogP contribution in [0.25, 0.3) is 5.69 Å². The molecular weight excluding hydrogens is 380 g/mol. The summed E-state index contributed by atoms with van der Waals surface area (Å²) in [4.78, 5) is 25.0. The molecule has 27 heavy (non-hydrogen) atoms. The monoisotopic (exact) mass is 398 g/mol. The molecule has 138 valence electrons. The van der Waals surface area contributed by atoms with E-state index in [1.54, 1.807) is 12.1 Å². The number of carbonyl (C=O) groups excluding carboxylic acids is 2. The molecule has 0 bridgehead atoms. The highest BCUT2D eigenvalue weighted by atomic mass is 32.2. The van der Waals surface area contributed by atoms with Crippen LogP contribution in [0, 0.1) is 0 Å². The summed E-state index contributed by atoms with van der Waals surface area (Å²) in [6, 6.07) is 13.5. The molecule has 1 amide bonds. The molecule has 3 aromatic rings. The van der Waals surface area contributed by atoms with Crippen LogP contribution in [0.1, 0.15) is 39.1 Å². The Labute approximate surface area is 164 Å². The van der Waals surface area contributed by atoms with Gasteiger partial charge in [0.25, 0.3) is 0 Å². The van der Waals surface area contributed by atoms with Crippen LogP contribution in [0.5, 0.6) is 0 Å². The first-order valence-corrected chi connectivity index (χ1v) is 10.5. The predicted molar refractivity (Wildman–Crippen MR) is 106 cm³/mol. The van der Waals surface area contributed by atoms with E-state index in [0.717, 1.165) is 34.4 Å². The highest BCUT2D eigenvalue weighted by Gasteiger charge is 2.31. The number of nitrogens with zero attached hydrogens (tertiary/aromatic N) is 3. The standard InChI is InChI=1S/C19H18N4O2S2/c20-17(25)10-14-8-9-16(27-14)15(24)11-26-19-22-21-18(12-6-7-12)23(19)13-4-2-1-3-5-13/h1-5,8-9,12H,6-7,10-11H2,(H2,20,25). The van der Waals surface area contributed by atoms with Crippen LogP contribution in [0.4, 0.5) is 0 Å². The van der Waals surface area contributed by atoms with Gasteiger partial charge in [-0.3, -0.25) is 14.2 Å². The normalized spacial score (nSPS) is 13.6. The first-order chi connectivity index (χ1) is 13.1. The van der Waals surface area contributed by atoms with E-state index in [1.165, 1.54) is 23.1 Å². The number of primary amides is 1. The molecule has 1 aromatic carbocycles. The number of carbonyl (C=O) groups is 2. The molecule has 1 aliphatic rings. The molecule has 1 aliphatic carbocycles. The first-order valence-electron chi connectivity index (χ1n) is 8.65. The van der Waals surface area contributed by atoms with Crippen LogP contribution < -0.4 is 5.73 Å². The Hall–Kier alpha value is -2.45. The van der Waals surface area contributed by atoms with Crippen LogP contribution in [0.2, 0.25) is 0 Å². The highest BCUT2D eigenvalue weighted by molar-refractivity contribution is 7.99. The molecule has 6 nitrogen and oxygen atoms in total. The van der Waals surface area contributed by atoms with Crippen molar-refractivity contribution in [2.45, 2.75) is 30.3 Å². The molecule has 2 N–H and O–H groups in total. The van der Waals surface area contributed by atoms with Crippen molar-refractivity contribution >= 4 is 34.8 Å². The van der Waals surface area contributed by atoms with Gasteiger partial charge < -0.3 is 5.73 Å². The van der Waals surface area contributed by atoms with E-state index in [4.69, 9.17) is 5.73 Å². The average Bonchev–Trinajstić information content (AvgIpc) is 3.25. The zero-order valence-corrected chi connectivity index (χ0v) is 16.1. The molecule has 0 aliphatic heterocycles. The Morgan fingerprint density at radius 1 is 1.15 bits per heavy atom. The maximum atomic E-state index is 12.5. The van der Waals surface area contributed by atoms with E-state index in [0.29, 0.717) is 10.8 Å². The lowest BCUT2D eigenvalue weighted by Crippen LogP contribution is -2.12. The van der Waals surface area contributed by atoms with Crippen molar-refractivity contribution in [2.75, 3.05) is 5.75 Å². The number of thiophene rings is 1. The number of hydrogen-bond donors (Lipinski definition) is 1. The summed E-state index contributed by atoms with van der Waals surface area (Å²) in [5.41, 5.74) is 6.22. The van der Waals surface area contributed by atoms with Gasteiger partial charge in [-0.05, 0) is 37.1 Å². The van der Waals surface area contributed by atoms with Crippen LogP contribution in [0.15, 0.2) is 47.6 Å². The molecule has 2 heterocycles. The van der Waals surface area contributed by atoms with E-state index >= 15 is 0 Å². The van der Waals surface area contributed by atoms with Gasteiger partial charge in [-0.1, -0.05) is 30.0 Å². The molecule has 0 unspecified atom stereocenters. The zero-order valence-electron chi connectivity index (χ0n) is 14.5. The molecule has 1 saturated carbocycles. The van der Waals surface area contributed by atoms with Crippen molar-refractivity contribution in [3.8, 4) is 5.69 Å². The first kappa shape index (κ1) is 17.9. The number of benzene rings is 1. The average molecular weight is 399 g/mol. The van der Waals surface area contributed by atoms with Gasteiger partial charge in [-0.25, -0.2) is 0 Å². The summed E-state index contributed by atoms with van der Waals surface area (Å²) in [6.07, 6.45) is 2.43. The number of thioether (sulfide) groups is 1. The molecule has 2 aromatic heterocycles. The summed E-state index contributed by atoms with van der Waals surface area (Å²) < 4.78 is 2.06. The maximum absolute atomic E-state index is 12.5. The van der Waals surface area contributed by atoms with Crippen LogP contribution in [-0.4, -0.2) is 32.2 Å². The van der Waals surface area contributed by atoms with Crippen molar-refractivity contribution in [2.24, 2.45) is 5.73 Å². The van der Waals surface area contributed by atoms with Gasteiger partial charge in [0.05, 0.1) is 17.1 Å². The Kier molecular flexibility index (Phi) is 5.09. The summed E-state index contributed by atoms with van der Waals surface area (Å²) in [5, 5.41) is 9.43. The number of amides is 1. The number of nitrogens with two attached hydrogens (primary N) is 1. The highest BCUT2D eigenvalue weighted by Crippen LogP contribution is 2.41. The molecule has 8 heteroatoms. The predicted octanol–water partition coefficient (Wildman–Crippen LogP) is 3.21. The van der Waals surface area contributed by atoms with Crippen molar-refractivity contribution in [1.29, 1.82) is 0 Å². The molecular formula is C19H18N4O2S2. The Morgan fingerprint density at radius 2 is 1.93 bits per heavy atom. The topological polar surface area (TPSA) is 90.9 Å². The van der Waals surface area contributed by atoms with Gasteiger partial charge in [0.2, 0.25) is 5.91 Å². The van der Waals surface area contributed by atoms with Crippen LogP contribution >= 0.6 is 23.1 Å². The van der Waals surface area contributed by atoms with Crippen molar-refractivity contribution < 1.29 is 9.59 Å². The second-order valence-corrected chi connectivity index (χ2v) is 8.52. The lowest BCUT2D eigenvalue weighted by molar-refractivity contribution is -0.117. The molecule has 4 rings (SSSR count). The smallest absolute Gasteiger partial charge is 0.222 e. The van der Waals surface area contributed by atoms with Crippen molar-refractivity contribution in [3.05, 3.63) is 58.0 Å². The van der Waals surface area contributed by atoms with Gasteiger partial charge >= 0.3 is 0 Å². The van der Waals surface area contributed by atoms with Gasteiger partial charge in [-0.15, -0.1) is 21.5 Å². The van der Waals surface area contributed by atoms with Crippen LogP contribution in [0.3, 0.4) is 0 Å². The summed E-state index contributed by atoms with van der Waals surface area (Å²) >= 11 is 2.71.